The number of rotatable bonds is 50. The maximum absolute atomic E-state index is 12.7. The average molecular weight is 909 g/mol. The van der Waals surface area contributed by atoms with E-state index in [9.17, 15) is 14.4 Å². The molecule has 0 spiro atoms. The summed E-state index contributed by atoms with van der Waals surface area (Å²) in [5, 5.41) is 0. The molecule has 1 unspecified atom stereocenters. The molecule has 65 heavy (non-hydrogen) atoms. The highest BCUT2D eigenvalue weighted by atomic mass is 16.6. The van der Waals surface area contributed by atoms with E-state index in [0.29, 0.717) is 19.3 Å². The largest absolute Gasteiger partial charge is 0.462 e. The molecule has 6 heteroatoms. The Hall–Kier alpha value is -2.89. The van der Waals surface area contributed by atoms with Crippen LogP contribution in [0, 0.1) is 0 Å². The molecule has 0 amide bonds. The lowest BCUT2D eigenvalue weighted by molar-refractivity contribution is -0.167. The molecule has 0 aliphatic heterocycles. The Kier molecular flexibility index (Phi) is 51.3. The lowest BCUT2D eigenvalue weighted by Crippen LogP contribution is -2.30. The van der Waals surface area contributed by atoms with Gasteiger partial charge in [0.25, 0.3) is 0 Å². The van der Waals surface area contributed by atoms with Gasteiger partial charge in [-0.3, -0.25) is 14.4 Å². The first-order valence-electron chi connectivity index (χ1n) is 27.8. The van der Waals surface area contributed by atoms with Crippen molar-refractivity contribution in [2.75, 3.05) is 13.2 Å². The van der Waals surface area contributed by atoms with Crippen LogP contribution >= 0.6 is 0 Å². The van der Waals surface area contributed by atoms with Crippen molar-refractivity contribution < 1.29 is 28.6 Å². The summed E-state index contributed by atoms with van der Waals surface area (Å²) in [6, 6.07) is 0. The summed E-state index contributed by atoms with van der Waals surface area (Å²) in [5.74, 6) is -0.872. The second kappa shape index (κ2) is 53.7. The molecule has 0 aliphatic carbocycles. The number of carbonyl (C=O) groups excluding carboxylic acids is 3. The topological polar surface area (TPSA) is 78.9 Å². The van der Waals surface area contributed by atoms with Crippen LogP contribution in [0.25, 0.3) is 0 Å². The van der Waals surface area contributed by atoms with Crippen molar-refractivity contribution in [3.8, 4) is 0 Å². The van der Waals surface area contributed by atoms with Crippen molar-refractivity contribution >= 4 is 17.9 Å². The quantitative estimate of drug-likeness (QED) is 0.0262. The summed E-state index contributed by atoms with van der Waals surface area (Å²) in [5.41, 5.74) is 0. The summed E-state index contributed by atoms with van der Waals surface area (Å²) in [4.78, 5) is 37.7. The summed E-state index contributed by atoms with van der Waals surface area (Å²) in [6.07, 6.45) is 66.8. The van der Waals surface area contributed by atoms with Crippen LogP contribution in [-0.4, -0.2) is 37.2 Å². The molecule has 0 bridgehead atoms. The average Bonchev–Trinajstić information content (AvgIpc) is 3.30. The molecule has 0 aromatic rings. The lowest BCUT2D eigenvalue weighted by atomic mass is 10.0. The van der Waals surface area contributed by atoms with Crippen LogP contribution in [0.3, 0.4) is 0 Å². The van der Waals surface area contributed by atoms with Gasteiger partial charge in [-0.2, -0.15) is 0 Å². The molecule has 0 saturated carbocycles. The number of hydrogen-bond donors (Lipinski definition) is 0. The normalized spacial score (nSPS) is 12.5. The van der Waals surface area contributed by atoms with Gasteiger partial charge in [-0.1, -0.05) is 255 Å². The zero-order valence-electron chi connectivity index (χ0n) is 43.0. The Bertz CT molecular complexity index is 1180. The van der Waals surface area contributed by atoms with E-state index in [2.05, 4.69) is 81.5 Å². The molecule has 0 fully saturated rings. The number of esters is 3. The van der Waals surface area contributed by atoms with Gasteiger partial charge in [0.05, 0.1) is 0 Å². The van der Waals surface area contributed by atoms with E-state index >= 15 is 0 Å². The van der Waals surface area contributed by atoms with E-state index in [1.807, 2.05) is 0 Å². The van der Waals surface area contributed by atoms with Gasteiger partial charge in [0, 0.05) is 19.3 Å². The monoisotopic (exact) mass is 909 g/mol. The highest BCUT2D eigenvalue weighted by Crippen LogP contribution is 2.16. The van der Waals surface area contributed by atoms with Crippen LogP contribution in [-0.2, 0) is 28.6 Å². The smallest absolute Gasteiger partial charge is 0.306 e. The van der Waals surface area contributed by atoms with E-state index < -0.39 is 6.10 Å². The Morgan fingerprint density at radius 2 is 0.600 bits per heavy atom. The van der Waals surface area contributed by atoms with Gasteiger partial charge >= 0.3 is 17.9 Å². The zero-order valence-corrected chi connectivity index (χ0v) is 43.0. The predicted molar refractivity (Wildman–Crippen MR) is 279 cm³/mol. The van der Waals surface area contributed by atoms with Gasteiger partial charge < -0.3 is 14.2 Å². The van der Waals surface area contributed by atoms with Gasteiger partial charge in [0.1, 0.15) is 13.2 Å². The molecule has 1 atom stereocenters. The lowest BCUT2D eigenvalue weighted by Gasteiger charge is -2.18. The van der Waals surface area contributed by atoms with Crippen molar-refractivity contribution in [2.24, 2.45) is 0 Å². The molecule has 6 nitrogen and oxygen atoms in total. The van der Waals surface area contributed by atoms with Crippen molar-refractivity contribution in [2.45, 2.75) is 284 Å². The maximum Gasteiger partial charge on any atom is 0.306 e. The number of ether oxygens (including phenoxy) is 3. The Labute approximate surface area is 402 Å². The van der Waals surface area contributed by atoms with E-state index in [-0.39, 0.29) is 31.1 Å². The maximum atomic E-state index is 12.7. The van der Waals surface area contributed by atoms with Gasteiger partial charge in [-0.15, -0.1) is 0 Å². The minimum absolute atomic E-state index is 0.0699. The van der Waals surface area contributed by atoms with Gasteiger partial charge in [-0.05, 0) is 64.2 Å². The van der Waals surface area contributed by atoms with Crippen LogP contribution in [0.4, 0.5) is 0 Å². The molecule has 0 aromatic heterocycles. The van der Waals surface area contributed by atoms with Crippen LogP contribution in [0.5, 0.6) is 0 Å². The van der Waals surface area contributed by atoms with E-state index in [4.69, 9.17) is 14.2 Å². The van der Waals surface area contributed by atoms with Crippen LogP contribution in [0.1, 0.15) is 278 Å². The highest BCUT2D eigenvalue weighted by molar-refractivity contribution is 5.71. The molecule has 0 N–H and O–H groups in total. The van der Waals surface area contributed by atoms with Gasteiger partial charge in [0.2, 0.25) is 0 Å². The molecule has 0 aliphatic rings. The molecule has 376 valence electrons. The van der Waals surface area contributed by atoms with Crippen molar-refractivity contribution in [3.63, 3.8) is 0 Å². The first-order valence-corrected chi connectivity index (χ1v) is 27.8. The first-order chi connectivity index (χ1) is 32.0. The van der Waals surface area contributed by atoms with Crippen molar-refractivity contribution in [1.29, 1.82) is 0 Å². The SMILES string of the molecule is CC/C=C\C/C=C\C/C=C\C/C=C\C/C=C\CCCCCCCCCCCCCCCCCC(=O)OCC(COC(=O)CCCCCCCCC)OC(=O)CCCCCCCCCCC. The fourth-order valence-electron chi connectivity index (χ4n) is 7.88. The van der Waals surface area contributed by atoms with Crippen LogP contribution < -0.4 is 0 Å². The third kappa shape index (κ3) is 51.9. The molecule has 0 aromatic carbocycles. The van der Waals surface area contributed by atoms with Crippen molar-refractivity contribution in [1.82, 2.24) is 0 Å². The van der Waals surface area contributed by atoms with E-state index in [0.717, 1.165) is 89.9 Å². The molecular formula is C59H104O6. The van der Waals surface area contributed by atoms with Gasteiger partial charge in [-0.25, -0.2) is 0 Å². The fourth-order valence-corrected chi connectivity index (χ4v) is 7.88. The Morgan fingerprint density at radius 3 is 0.938 bits per heavy atom. The Morgan fingerprint density at radius 1 is 0.323 bits per heavy atom. The molecular weight excluding hydrogens is 805 g/mol. The fraction of sp³-hybridized carbons (Fsp3) is 0.780. The second-order valence-corrected chi connectivity index (χ2v) is 18.5. The first kappa shape index (κ1) is 62.1. The van der Waals surface area contributed by atoms with Gasteiger partial charge in [0.15, 0.2) is 6.10 Å². The minimum Gasteiger partial charge on any atom is -0.462 e. The summed E-state index contributed by atoms with van der Waals surface area (Å²) >= 11 is 0. The van der Waals surface area contributed by atoms with Crippen LogP contribution in [0.15, 0.2) is 60.8 Å². The molecule has 0 rings (SSSR count). The third-order valence-corrected chi connectivity index (χ3v) is 12.0. The number of carbonyl (C=O) groups is 3. The number of allylic oxidation sites excluding steroid dienone is 10. The van der Waals surface area contributed by atoms with E-state index in [1.54, 1.807) is 0 Å². The summed E-state index contributed by atoms with van der Waals surface area (Å²) in [6.45, 7) is 6.47. The minimum atomic E-state index is -0.765. The molecule has 0 radical (unpaired) electrons. The zero-order chi connectivity index (χ0) is 47.2. The number of unbranched alkanes of at least 4 members (excludes halogenated alkanes) is 29. The summed E-state index contributed by atoms with van der Waals surface area (Å²) in [7, 11) is 0. The molecule has 0 heterocycles. The predicted octanol–water partition coefficient (Wildman–Crippen LogP) is 18.4. The molecule has 0 saturated heterocycles. The number of hydrogen-bond acceptors (Lipinski definition) is 6. The third-order valence-electron chi connectivity index (χ3n) is 12.0. The standard InChI is InChI=1S/C59H104O6/c1-4-7-10-13-16-18-19-20-21-22-23-24-25-26-27-28-29-30-31-32-33-34-35-36-37-38-39-41-43-46-49-52-58(61)64-55-56(54-63-57(60)51-48-45-42-15-12-9-6-3)65-59(62)53-50-47-44-40-17-14-11-8-5-2/h7,10,16,18,20-21,23-24,26-27,56H,4-6,8-9,11-15,17,19,22,25,28-55H2,1-3H3/b10-7-,18-16-,21-20-,24-23-,27-26-. The van der Waals surface area contributed by atoms with Crippen molar-refractivity contribution in [3.05, 3.63) is 60.8 Å². The van der Waals surface area contributed by atoms with Crippen LogP contribution in [0.2, 0.25) is 0 Å². The summed E-state index contributed by atoms with van der Waals surface area (Å²) < 4.78 is 16.7. The van der Waals surface area contributed by atoms with E-state index in [1.165, 1.54) is 148 Å². The highest BCUT2D eigenvalue weighted by Gasteiger charge is 2.19. The second-order valence-electron chi connectivity index (χ2n) is 18.5. The Balaban J connectivity index is 3.95.